The van der Waals surface area contributed by atoms with Gasteiger partial charge in [0.15, 0.2) is 9.84 Å². The Morgan fingerprint density at radius 3 is 2.64 bits per heavy atom. The van der Waals surface area contributed by atoms with E-state index in [1.165, 1.54) is 12.1 Å². The molecule has 4 heteroatoms. The first-order chi connectivity index (χ1) is 6.50. The van der Waals surface area contributed by atoms with Crippen molar-refractivity contribution in [3.8, 4) is 0 Å². The fourth-order valence-electron chi connectivity index (χ4n) is 1.54. The zero-order valence-electron chi connectivity index (χ0n) is 7.75. The molecule has 0 atom stereocenters. The summed E-state index contributed by atoms with van der Waals surface area (Å²) in [7, 11) is -3.32. The molecule has 1 aromatic carbocycles. The maximum Gasteiger partial charge on any atom is 0.175 e. The Morgan fingerprint density at radius 2 is 2.14 bits per heavy atom. The third-order valence-corrected chi connectivity index (χ3v) is 3.49. The van der Waals surface area contributed by atoms with Crippen molar-refractivity contribution in [3.63, 3.8) is 0 Å². The van der Waals surface area contributed by atoms with Crippen LogP contribution < -0.4 is 0 Å². The van der Waals surface area contributed by atoms with Gasteiger partial charge in [-0.3, -0.25) is 0 Å². The van der Waals surface area contributed by atoms with Gasteiger partial charge < -0.3 is 0 Å². The first kappa shape index (κ1) is 9.65. The second-order valence-corrected chi connectivity index (χ2v) is 5.60. The van der Waals surface area contributed by atoms with E-state index in [0.717, 1.165) is 19.1 Å². The Kier molecular flexibility index (Phi) is 2.10. The molecule has 1 fully saturated rings. The van der Waals surface area contributed by atoms with Crippen LogP contribution in [0.5, 0.6) is 0 Å². The van der Waals surface area contributed by atoms with E-state index >= 15 is 0 Å². The lowest BCUT2D eigenvalue weighted by Gasteiger charge is -2.06. The van der Waals surface area contributed by atoms with Crippen LogP contribution in [0, 0.1) is 11.9 Å². The van der Waals surface area contributed by atoms with E-state index in [4.69, 9.17) is 0 Å². The first-order valence-electron chi connectivity index (χ1n) is 4.40. The molecule has 1 radical (unpaired) electrons. The molecule has 2 rings (SSSR count). The number of rotatable bonds is 2. The Balaban J connectivity index is 2.64. The molecule has 0 N–H and O–H groups in total. The summed E-state index contributed by atoms with van der Waals surface area (Å²) in [4.78, 5) is 0.122. The molecule has 0 spiro atoms. The largest absolute Gasteiger partial charge is 0.224 e. The number of hydrogen-bond acceptors (Lipinski definition) is 2. The lowest BCUT2D eigenvalue weighted by molar-refractivity contribution is 0.585. The van der Waals surface area contributed by atoms with Crippen molar-refractivity contribution in [3.05, 3.63) is 29.6 Å². The summed E-state index contributed by atoms with van der Waals surface area (Å²) >= 11 is 0. The van der Waals surface area contributed by atoms with E-state index in [-0.39, 0.29) is 10.8 Å². The van der Waals surface area contributed by atoms with Gasteiger partial charge >= 0.3 is 0 Å². The molecule has 75 valence electrons. The maximum absolute atomic E-state index is 13.4. The van der Waals surface area contributed by atoms with E-state index in [1.54, 1.807) is 0 Å². The number of halogens is 1. The highest BCUT2D eigenvalue weighted by atomic mass is 32.2. The summed E-state index contributed by atoms with van der Waals surface area (Å²) in [5, 5.41) is 0. The Bertz CT molecular complexity index is 461. The zero-order chi connectivity index (χ0) is 10.3. The lowest BCUT2D eigenvalue weighted by Crippen LogP contribution is -2.03. The van der Waals surface area contributed by atoms with Gasteiger partial charge in [0.1, 0.15) is 5.82 Å². The molecule has 2 nitrogen and oxygen atoms in total. The predicted molar refractivity (Wildman–Crippen MR) is 50.3 cm³/mol. The SMILES string of the molecule is CS(=O)(=O)c1cc[c]c(F)c1C1CC1. The lowest BCUT2D eigenvalue weighted by atomic mass is 10.1. The molecule has 0 saturated heterocycles. The van der Waals surface area contributed by atoms with Gasteiger partial charge in [-0.15, -0.1) is 0 Å². The van der Waals surface area contributed by atoms with Crippen molar-refractivity contribution in [1.82, 2.24) is 0 Å². The van der Waals surface area contributed by atoms with Crippen molar-refractivity contribution in [1.29, 1.82) is 0 Å². The zero-order valence-corrected chi connectivity index (χ0v) is 8.57. The van der Waals surface area contributed by atoms with Crippen molar-refractivity contribution in [2.75, 3.05) is 6.26 Å². The van der Waals surface area contributed by atoms with Crippen molar-refractivity contribution >= 4 is 9.84 Å². The van der Waals surface area contributed by atoms with Crippen LogP contribution in [0.15, 0.2) is 17.0 Å². The summed E-state index contributed by atoms with van der Waals surface area (Å²) in [6.07, 6.45) is 2.85. The summed E-state index contributed by atoms with van der Waals surface area (Å²) in [6, 6.07) is 5.14. The van der Waals surface area contributed by atoms with E-state index in [2.05, 4.69) is 6.07 Å². The average molecular weight is 213 g/mol. The molecule has 0 bridgehead atoms. The molecule has 1 aliphatic carbocycles. The fraction of sp³-hybridized carbons (Fsp3) is 0.400. The highest BCUT2D eigenvalue weighted by Crippen LogP contribution is 2.43. The second kappa shape index (κ2) is 3.05. The molecule has 0 aromatic heterocycles. The van der Waals surface area contributed by atoms with E-state index in [0.29, 0.717) is 5.56 Å². The normalized spacial score (nSPS) is 17.0. The van der Waals surface area contributed by atoms with Crippen molar-refractivity contribution < 1.29 is 12.8 Å². The highest BCUT2D eigenvalue weighted by Gasteiger charge is 2.31. The van der Waals surface area contributed by atoms with Crippen LogP contribution in [-0.2, 0) is 9.84 Å². The fourth-order valence-corrected chi connectivity index (χ4v) is 2.51. The van der Waals surface area contributed by atoms with Crippen LogP contribution >= 0.6 is 0 Å². The quantitative estimate of drug-likeness (QED) is 0.752. The molecular formula is C10H10FO2S. The smallest absolute Gasteiger partial charge is 0.175 e. The van der Waals surface area contributed by atoms with Gasteiger partial charge in [0.05, 0.1) is 4.90 Å². The minimum Gasteiger partial charge on any atom is -0.224 e. The van der Waals surface area contributed by atoms with Gasteiger partial charge in [0, 0.05) is 17.9 Å². The Labute approximate surface area is 82.7 Å². The van der Waals surface area contributed by atoms with Crippen LogP contribution in [-0.4, -0.2) is 14.7 Å². The summed E-state index contributed by atoms with van der Waals surface area (Å²) in [6.45, 7) is 0. The Hall–Kier alpha value is -0.900. The highest BCUT2D eigenvalue weighted by molar-refractivity contribution is 7.90. The number of benzene rings is 1. The van der Waals surface area contributed by atoms with E-state index in [9.17, 15) is 12.8 Å². The summed E-state index contributed by atoms with van der Waals surface area (Å²) in [5.41, 5.74) is 0.329. The third kappa shape index (κ3) is 1.66. The van der Waals surface area contributed by atoms with Crippen LogP contribution in [0.1, 0.15) is 24.3 Å². The Morgan fingerprint density at radius 1 is 1.50 bits per heavy atom. The molecule has 1 saturated carbocycles. The van der Waals surface area contributed by atoms with Gasteiger partial charge in [0.2, 0.25) is 0 Å². The van der Waals surface area contributed by atoms with Crippen LogP contribution in [0.2, 0.25) is 0 Å². The molecule has 0 amide bonds. The molecule has 14 heavy (non-hydrogen) atoms. The summed E-state index contributed by atoms with van der Waals surface area (Å²) in [5.74, 6) is -0.437. The van der Waals surface area contributed by atoms with Crippen molar-refractivity contribution in [2.24, 2.45) is 0 Å². The summed E-state index contributed by atoms with van der Waals surface area (Å²) < 4.78 is 36.1. The minimum absolute atomic E-state index is 0.0807. The topological polar surface area (TPSA) is 34.1 Å². The molecule has 0 unspecified atom stereocenters. The molecular weight excluding hydrogens is 203 g/mol. The van der Waals surface area contributed by atoms with Crippen LogP contribution in [0.3, 0.4) is 0 Å². The van der Waals surface area contributed by atoms with Crippen molar-refractivity contribution in [2.45, 2.75) is 23.7 Å². The minimum atomic E-state index is -3.32. The average Bonchev–Trinajstić information content (AvgIpc) is 2.85. The van der Waals surface area contributed by atoms with E-state index < -0.39 is 15.7 Å². The van der Waals surface area contributed by atoms with Gasteiger partial charge in [-0.05, 0) is 24.8 Å². The van der Waals surface area contributed by atoms with Gasteiger partial charge in [-0.1, -0.05) is 6.07 Å². The van der Waals surface area contributed by atoms with Gasteiger partial charge in [-0.2, -0.15) is 0 Å². The predicted octanol–water partition coefficient (Wildman–Crippen LogP) is 1.91. The van der Waals surface area contributed by atoms with Gasteiger partial charge in [0.25, 0.3) is 0 Å². The standard InChI is InChI=1S/C10H10FO2S/c1-14(12,13)9-4-2-3-8(11)10(9)7-5-6-7/h2,4,7H,5-6H2,1H3. The number of hydrogen-bond donors (Lipinski definition) is 0. The third-order valence-electron chi connectivity index (χ3n) is 2.33. The monoisotopic (exact) mass is 213 g/mol. The van der Waals surface area contributed by atoms with E-state index in [1.807, 2.05) is 0 Å². The second-order valence-electron chi connectivity index (χ2n) is 3.62. The first-order valence-corrected chi connectivity index (χ1v) is 6.29. The molecule has 0 heterocycles. The molecule has 0 aliphatic heterocycles. The maximum atomic E-state index is 13.4. The van der Waals surface area contributed by atoms with Gasteiger partial charge in [-0.25, -0.2) is 12.8 Å². The molecule has 1 aromatic rings. The van der Waals surface area contributed by atoms with Crippen LogP contribution in [0.4, 0.5) is 4.39 Å². The molecule has 1 aliphatic rings. The number of sulfone groups is 1. The van der Waals surface area contributed by atoms with Crippen LogP contribution in [0.25, 0.3) is 0 Å².